The monoisotopic (exact) mass is 375 g/mol. The first-order chi connectivity index (χ1) is 6.42. The first-order valence-electron chi connectivity index (χ1n) is 5.19. The first-order valence-corrected chi connectivity index (χ1v) is 7.29. The van der Waals surface area contributed by atoms with Crippen molar-refractivity contribution in [2.75, 3.05) is 13.1 Å². The van der Waals surface area contributed by atoms with Gasteiger partial charge in [-0.05, 0) is 0 Å². The molecule has 84 valence electrons. The largest absolute Gasteiger partial charge is 1.00 e. The normalized spacial score (nSPS) is 21.1. The van der Waals surface area contributed by atoms with Gasteiger partial charge in [0.15, 0.2) is 0 Å². The predicted molar refractivity (Wildman–Crippen MR) is 50.7 cm³/mol. The molecule has 3 nitrogen and oxygen atoms in total. The van der Waals surface area contributed by atoms with Crippen molar-refractivity contribution in [1.82, 2.24) is 4.90 Å². The number of hydrogen-bond acceptors (Lipinski definition) is 2. The molecular formula is C10H18INO2Zn. The fraction of sp³-hybridized carbons (Fsp3) is 0.900. The van der Waals surface area contributed by atoms with Crippen LogP contribution in [-0.2, 0) is 23.0 Å². The Morgan fingerprint density at radius 1 is 1.53 bits per heavy atom. The molecule has 0 saturated carbocycles. The molecule has 0 aliphatic carbocycles. The van der Waals surface area contributed by atoms with Gasteiger partial charge in [0, 0.05) is 0 Å². The number of carbonyl (C=O) groups excluding carboxylic acids is 1. The second-order valence-electron chi connectivity index (χ2n) is 4.87. The third kappa shape index (κ3) is 5.48. The minimum Gasteiger partial charge on any atom is -1.00 e. The summed E-state index contributed by atoms with van der Waals surface area (Å²) >= 11 is 1.33. The summed E-state index contributed by atoms with van der Waals surface area (Å²) in [5, 5.41) is 1.28. The summed E-state index contributed by atoms with van der Waals surface area (Å²) in [6.07, 6.45) is 1.01. The molecule has 1 rings (SSSR count). The van der Waals surface area contributed by atoms with Gasteiger partial charge in [0.25, 0.3) is 0 Å². The van der Waals surface area contributed by atoms with Gasteiger partial charge in [-0.1, -0.05) is 0 Å². The molecule has 0 N–H and O–H groups in total. The van der Waals surface area contributed by atoms with Gasteiger partial charge in [-0.3, -0.25) is 0 Å². The minimum atomic E-state index is -0.366. The van der Waals surface area contributed by atoms with E-state index in [1.807, 2.05) is 25.7 Å². The Bertz CT molecular complexity index is 218. The van der Waals surface area contributed by atoms with Gasteiger partial charge in [0.2, 0.25) is 0 Å². The molecule has 15 heavy (non-hydrogen) atoms. The number of nitrogens with zero attached hydrogens (tertiary/aromatic N) is 1. The van der Waals surface area contributed by atoms with E-state index in [2.05, 4.69) is 0 Å². The van der Waals surface area contributed by atoms with Crippen LogP contribution in [0, 0.1) is 5.92 Å². The molecule has 1 heterocycles. The Labute approximate surface area is 119 Å². The van der Waals surface area contributed by atoms with Crippen molar-refractivity contribution in [2.24, 2.45) is 5.92 Å². The summed E-state index contributed by atoms with van der Waals surface area (Å²) in [7, 11) is 0. The summed E-state index contributed by atoms with van der Waals surface area (Å²) in [4.78, 5) is 13.5. The van der Waals surface area contributed by atoms with E-state index < -0.39 is 0 Å². The standard InChI is InChI=1S/C10H18NO2.HI.Zn/c1-8-5-6-11(7-8)9(12)13-10(2,3)4;;/h8H,1,5-7H2,2-4H3;1H;/q;;+1/p-1/t8-;;/m0../s1. The van der Waals surface area contributed by atoms with Crippen molar-refractivity contribution in [3.63, 3.8) is 0 Å². The van der Waals surface area contributed by atoms with Crippen LogP contribution < -0.4 is 24.0 Å². The molecule has 1 aliphatic heterocycles. The molecule has 0 aromatic rings. The van der Waals surface area contributed by atoms with Crippen molar-refractivity contribution in [3.8, 4) is 0 Å². The van der Waals surface area contributed by atoms with E-state index in [-0.39, 0.29) is 35.7 Å². The molecule has 0 bridgehead atoms. The number of likely N-dealkylation sites (tertiary alicyclic amines) is 1. The number of amides is 1. The van der Waals surface area contributed by atoms with Crippen LogP contribution in [0.4, 0.5) is 4.79 Å². The Morgan fingerprint density at radius 3 is 2.53 bits per heavy atom. The molecule has 1 amide bonds. The molecule has 0 spiro atoms. The van der Waals surface area contributed by atoms with Gasteiger partial charge in [-0.25, -0.2) is 0 Å². The van der Waals surface area contributed by atoms with Crippen LogP contribution in [0.15, 0.2) is 0 Å². The van der Waals surface area contributed by atoms with Gasteiger partial charge in [-0.2, -0.15) is 0 Å². The van der Waals surface area contributed by atoms with Crippen LogP contribution in [0.25, 0.3) is 0 Å². The molecule has 0 unspecified atom stereocenters. The van der Waals surface area contributed by atoms with Crippen molar-refractivity contribution in [3.05, 3.63) is 0 Å². The van der Waals surface area contributed by atoms with E-state index in [4.69, 9.17) is 4.74 Å². The number of ether oxygens (including phenoxy) is 1. The summed E-state index contributed by atoms with van der Waals surface area (Å²) < 4.78 is 5.31. The van der Waals surface area contributed by atoms with E-state index >= 15 is 0 Å². The summed E-state index contributed by atoms with van der Waals surface area (Å²) in [6.45, 7) is 7.49. The zero-order valence-electron chi connectivity index (χ0n) is 9.75. The third-order valence-corrected chi connectivity index (χ3v) is 4.06. The molecule has 1 atom stereocenters. The number of halogens is 1. The SMILES string of the molecule is CC(C)(C)OC(=O)N1CC[C@H]([CH2][Zn+])C1.[I-]. The quantitative estimate of drug-likeness (QED) is 0.444. The van der Waals surface area contributed by atoms with Crippen molar-refractivity contribution in [2.45, 2.75) is 37.8 Å². The number of rotatable bonds is 1. The molecule has 0 radical (unpaired) electrons. The molecule has 1 aliphatic rings. The van der Waals surface area contributed by atoms with Gasteiger partial charge < -0.3 is 24.0 Å². The van der Waals surface area contributed by atoms with Crippen LogP contribution in [0.5, 0.6) is 0 Å². The van der Waals surface area contributed by atoms with Crippen LogP contribution >= 0.6 is 0 Å². The van der Waals surface area contributed by atoms with Gasteiger partial charge >= 0.3 is 95.6 Å². The summed E-state index contributed by atoms with van der Waals surface area (Å²) in [5.74, 6) is 0.725. The number of hydrogen-bond donors (Lipinski definition) is 0. The average Bonchev–Trinajstić information content (AvgIpc) is 2.48. The smallest absolute Gasteiger partial charge is 1.00 e. The molecule has 5 heteroatoms. The fourth-order valence-electron chi connectivity index (χ4n) is 1.56. The third-order valence-electron chi connectivity index (χ3n) is 2.35. The maximum atomic E-state index is 11.6. The molecular weight excluding hydrogens is 358 g/mol. The zero-order valence-corrected chi connectivity index (χ0v) is 14.9. The Kier molecular flexibility index (Phi) is 6.65. The summed E-state index contributed by atoms with van der Waals surface area (Å²) in [5.41, 5.74) is -0.366. The van der Waals surface area contributed by atoms with Crippen LogP contribution in [0.3, 0.4) is 0 Å². The van der Waals surface area contributed by atoms with Crippen LogP contribution in [0.2, 0.25) is 5.02 Å². The maximum absolute atomic E-state index is 11.6. The predicted octanol–water partition coefficient (Wildman–Crippen LogP) is -0.787. The second kappa shape index (κ2) is 6.38. The Balaban J connectivity index is 0.00000196. The van der Waals surface area contributed by atoms with Crippen LogP contribution in [0.1, 0.15) is 27.2 Å². The maximum Gasteiger partial charge on any atom is -1.00 e. The molecule has 0 aromatic heterocycles. The van der Waals surface area contributed by atoms with Gasteiger partial charge in [-0.15, -0.1) is 0 Å². The van der Waals surface area contributed by atoms with E-state index in [0.29, 0.717) is 0 Å². The zero-order chi connectivity index (χ0) is 10.8. The van der Waals surface area contributed by atoms with Gasteiger partial charge in [0.1, 0.15) is 0 Å². The van der Waals surface area contributed by atoms with Crippen molar-refractivity contribution in [1.29, 1.82) is 0 Å². The van der Waals surface area contributed by atoms with Crippen LogP contribution in [-0.4, -0.2) is 29.7 Å². The van der Waals surface area contributed by atoms with Crippen molar-refractivity contribution >= 4 is 6.09 Å². The van der Waals surface area contributed by atoms with E-state index in [1.165, 1.54) is 23.3 Å². The van der Waals surface area contributed by atoms with Crippen molar-refractivity contribution < 1.29 is 51.8 Å². The first kappa shape index (κ1) is 15.6. The molecule has 1 fully saturated rings. The Hall–Kier alpha value is 0.623. The van der Waals surface area contributed by atoms with E-state index in [9.17, 15) is 4.79 Å². The minimum absolute atomic E-state index is 0. The average molecular weight is 377 g/mol. The Morgan fingerprint density at radius 2 is 2.13 bits per heavy atom. The number of carbonyl (C=O) groups is 1. The topological polar surface area (TPSA) is 29.5 Å². The molecule has 1 saturated heterocycles. The summed E-state index contributed by atoms with van der Waals surface area (Å²) in [6, 6.07) is 0. The second-order valence-corrected chi connectivity index (χ2v) is 6.08. The molecule has 0 aromatic carbocycles. The van der Waals surface area contributed by atoms with Gasteiger partial charge in [0.05, 0.1) is 0 Å². The van der Waals surface area contributed by atoms with E-state index in [0.717, 1.165) is 25.4 Å². The van der Waals surface area contributed by atoms with E-state index in [1.54, 1.807) is 0 Å². The fourth-order valence-corrected chi connectivity index (χ4v) is 2.55.